The van der Waals surface area contributed by atoms with Crippen molar-refractivity contribution in [3.63, 3.8) is 0 Å². The Morgan fingerprint density at radius 1 is 1.35 bits per heavy atom. The Morgan fingerprint density at radius 2 is 2.17 bits per heavy atom. The molecule has 0 aliphatic carbocycles. The van der Waals surface area contributed by atoms with Crippen LogP contribution in [0.25, 0.3) is 0 Å². The number of nitrogens with zero attached hydrogens (tertiary/aromatic N) is 1. The summed E-state index contributed by atoms with van der Waals surface area (Å²) in [7, 11) is 0. The molecule has 23 heavy (non-hydrogen) atoms. The van der Waals surface area contributed by atoms with E-state index in [9.17, 15) is 4.79 Å². The van der Waals surface area contributed by atoms with Gasteiger partial charge in [0, 0.05) is 19.7 Å². The summed E-state index contributed by atoms with van der Waals surface area (Å²) < 4.78 is 4.98. The number of anilines is 1. The highest BCUT2D eigenvalue weighted by atomic mass is 16.5. The molecule has 4 nitrogen and oxygen atoms in total. The maximum atomic E-state index is 10.7. The fourth-order valence-corrected chi connectivity index (χ4v) is 2.32. The molecule has 1 rings (SSSR count). The first-order chi connectivity index (χ1) is 11.1. The summed E-state index contributed by atoms with van der Waals surface area (Å²) in [6, 6.07) is 5.90. The molecule has 0 bridgehead atoms. The number of nitrogens with one attached hydrogen (secondary N) is 1. The average molecular weight is 318 g/mol. The van der Waals surface area contributed by atoms with E-state index in [-0.39, 0.29) is 5.97 Å². The number of carbonyl (C=O) groups excluding carboxylic acids is 1. The number of ether oxygens (including phenoxy) is 1. The number of hydrogen-bond donors (Lipinski definition) is 1. The van der Waals surface area contributed by atoms with E-state index < -0.39 is 0 Å². The van der Waals surface area contributed by atoms with Crippen LogP contribution in [0, 0.1) is 5.92 Å². The molecule has 0 amide bonds. The zero-order valence-electron chi connectivity index (χ0n) is 14.7. The van der Waals surface area contributed by atoms with Crippen LogP contribution in [0.4, 0.5) is 5.82 Å². The maximum Gasteiger partial charge on any atom is 0.302 e. The van der Waals surface area contributed by atoms with Gasteiger partial charge in [0.2, 0.25) is 0 Å². The van der Waals surface area contributed by atoms with E-state index in [4.69, 9.17) is 4.74 Å². The van der Waals surface area contributed by atoms with Crippen molar-refractivity contribution in [2.24, 2.45) is 5.92 Å². The second-order valence-corrected chi connectivity index (χ2v) is 6.11. The smallest absolute Gasteiger partial charge is 0.302 e. The summed E-state index contributed by atoms with van der Waals surface area (Å²) in [5, 5.41) is 3.33. The third-order valence-corrected chi connectivity index (χ3v) is 3.79. The lowest BCUT2D eigenvalue weighted by Gasteiger charge is -2.10. The predicted molar refractivity (Wildman–Crippen MR) is 95.4 cm³/mol. The molecule has 0 saturated heterocycles. The second-order valence-electron chi connectivity index (χ2n) is 6.11. The third kappa shape index (κ3) is 10.5. The molecule has 1 N–H and O–H groups in total. The van der Waals surface area contributed by atoms with Crippen molar-refractivity contribution in [3.8, 4) is 0 Å². The van der Waals surface area contributed by atoms with Gasteiger partial charge in [0.1, 0.15) is 5.82 Å². The molecule has 0 spiro atoms. The molecule has 0 saturated carbocycles. The highest BCUT2D eigenvalue weighted by Crippen LogP contribution is 2.13. The van der Waals surface area contributed by atoms with E-state index >= 15 is 0 Å². The number of aromatic nitrogens is 1. The topological polar surface area (TPSA) is 51.2 Å². The van der Waals surface area contributed by atoms with Gasteiger partial charge in [0.25, 0.3) is 0 Å². The Balaban J connectivity index is 2.06. The van der Waals surface area contributed by atoms with Crippen LogP contribution in [-0.4, -0.2) is 24.1 Å². The SMILES string of the molecule is CC(=O)OCCC(C)CC/C=C(/C)CCCNc1ccccn1. The van der Waals surface area contributed by atoms with E-state index in [1.54, 1.807) is 6.20 Å². The van der Waals surface area contributed by atoms with E-state index in [1.165, 1.54) is 12.5 Å². The molecule has 0 radical (unpaired) electrons. The Hall–Kier alpha value is -1.84. The van der Waals surface area contributed by atoms with Gasteiger partial charge in [-0.1, -0.05) is 24.6 Å². The molecular formula is C19H30N2O2. The van der Waals surface area contributed by atoms with Gasteiger partial charge < -0.3 is 10.1 Å². The minimum Gasteiger partial charge on any atom is -0.466 e. The lowest BCUT2D eigenvalue weighted by molar-refractivity contribution is -0.141. The van der Waals surface area contributed by atoms with E-state index in [1.807, 2.05) is 18.2 Å². The largest absolute Gasteiger partial charge is 0.466 e. The van der Waals surface area contributed by atoms with Gasteiger partial charge in [0.05, 0.1) is 6.61 Å². The Labute approximate surface area is 140 Å². The van der Waals surface area contributed by atoms with E-state index in [2.05, 4.69) is 30.2 Å². The minimum absolute atomic E-state index is 0.188. The summed E-state index contributed by atoms with van der Waals surface area (Å²) in [5.41, 5.74) is 1.44. The molecule has 0 fully saturated rings. The molecule has 0 aliphatic heterocycles. The number of carbonyl (C=O) groups is 1. The molecule has 1 unspecified atom stereocenters. The summed E-state index contributed by atoms with van der Waals surface area (Å²) in [6.07, 6.45) is 9.55. The first-order valence-electron chi connectivity index (χ1n) is 8.52. The highest BCUT2D eigenvalue weighted by molar-refractivity contribution is 5.65. The summed E-state index contributed by atoms with van der Waals surface area (Å²) >= 11 is 0. The fourth-order valence-electron chi connectivity index (χ4n) is 2.32. The first-order valence-corrected chi connectivity index (χ1v) is 8.52. The summed E-state index contributed by atoms with van der Waals surface area (Å²) in [4.78, 5) is 14.9. The minimum atomic E-state index is -0.188. The Morgan fingerprint density at radius 3 is 2.87 bits per heavy atom. The zero-order valence-corrected chi connectivity index (χ0v) is 14.7. The molecule has 1 aromatic rings. The van der Waals surface area contributed by atoms with Crippen LogP contribution in [0.1, 0.15) is 52.9 Å². The molecule has 0 aromatic carbocycles. The number of esters is 1. The summed E-state index contributed by atoms with van der Waals surface area (Å²) in [5.74, 6) is 1.34. The highest BCUT2D eigenvalue weighted by Gasteiger charge is 2.02. The molecular weight excluding hydrogens is 288 g/mol. The van der Waals surface area contributed by atoms with Gasteiger partial charge in [-0.05, 0) is 57.1 Å². The molecule has 128 valence electrons. The maximum absolute atomic E-state index is 10.7. The summed E-state index contributed by atoms with van der Waals surface area (Å²) in [6.45, 7) is 7.35. The number of allylic oxidation sites excluding steroid dienone is 2. The van der Waals surface area contributed by atoms with Crippen LogP contribution in [0.3, 0.4) is 0 Å². The lowest BCUT2D eigenvalue weighted by Crippen LogP contribution is -2.05. The Kier molecular flexibility index (Phi) is 9.76. The molecule has 1 aromatic heterocycles. The van der Waals surface area contributed by atoms with Crippen LogP contribution < -0.4 is 5.32 Å². The van der Waals surface area contributed by atoms with Crippen molar-refractivity contribution >= 4 is 11.8 Å². The molecule has 4 heteroatoms. The van der Waals surface area contributed by atoms with E-state index in [0.29, 0.717) is 12.5 Å². The van der Waals surface area contributed by atoms with Crippen molar-refractivity contribution in [3.05, 3.63) is 36.0 Å². The van der Waals surface area contributed by atoms with Crippen molar-refractivity contribution in [2.75, 3.05) is 18.5 Å². The van der Waals surface area contributed by atoms with Crippen molar-refractivity contribution < 1.29 is 9.53 Å². The van der Waals surface area contributed by atoms with Crippen LogP contribution in [0.15, 0.2) is 36.0 Å². The number of pyridine rings is 1. The van der Waals surface area contributed by atoms with E-state index in [0.717, 1.165) is 44.5 Å². The fraction of sp³-hybridized carbons (Fsp3) is 0.579. The normalized spacial score (nSPS) is 12.7. The van der Waals surface area contributed by atoms with Gasteiger partial charge >= 0.3 is 5.97 Å². The van der Waals surface area contributed by atoms with Gasteiger partial charge in [-0.3, -0.25) is 4.79 Å². The van der Waals surface area contributed by atoms with Crippen molar-refractivity contribution in [2.45, 2.75) is 52.9 Å². The zero-order chi connectivity index (χ0) is 16.9. The van der Waals surface area contributed by atoms with Gasteiger partial charge in [-0.25, -0.2) is 4.98 Å². The first kappa shape index (κ1) is 19.2. The van der Waals surface area contributed by atoms with Crippen LogP contribution >= 0.6 is 0 Å². The number of rotatable bonds is 11. The predicted octanol–water partition coefficient (Wildman–Crippen LogP) is 4.59. The van der Waals surface area contributed by atoms with Crippen LogP contribution in [0.2, 0.25) is 0 Å². The third-order valence-electron chi connectivity index (χ3n) is 3.79. The molecule has 1 heterocycles. The molecule has 1 atom stereocenters. The van der Waals surface area contributed by atoms with Crippen LogP contribution in [0.5, 0.6) is 0 Å². The van der Waals surface area contributed by atoms with Crippen molar-refractivity contribution in [1.82, 2.24) is 4.98 Å². The standard InChI is InChI=1S/C19H30N2O2/c1-16(8-6-9-17(2)12-15-23-18(3)22)10-7-14-21-19-11-4-5-13-20-19/h4-5,8,11,13,17H,6-7,9-10,12,14-15H2,1-3H3,(H,20,21)/b16-8-. The quantitative estimate of drug-likeness (QED) is 0.368. The Bertz CT molecular complexity index is 472. The monoisotopic (exact) mass is 318 g/mol. The van der Waals surface area contributed by atoms with Gasteiger partial charge in [-0.2, -0.15) is 0 Å². The van der Waals surface area contributed by atoms with Gasteiger partial charge in [0.15, 0.2) is 0 Å². The second kappa shape index (κ2) is 11.7. The number of hydrogen-bond acceptors (Lipinski definition) is 4. The van der Waals surface area contributed by atoms with Crippen molar-refractivity contribution in [1.29, 1.82) is 0 Å². The van der Waals surface area contributed by atoms with Crippen LogP contribution in [-0.2, 0) is 9.53 Å². The molecule has 0 aliphatic rings. The van der Waals surface area contributed by atoms with Gasteiger partial charge in [-0.15, -0.1) is 0 Å². The average Bonchev–Trinajstić information content (AvgIpc) is 2.52. The lowest BCUT2D eigenvalue weighted by atomic mass is 10.0.